The molecule has 0 aliphatic rings. The van der Waals surface area contributed by atoms with Crippen molar-refractivity contribution in [2.45, 2.75) is 11.3 Å². The summed E-state index contributed by atoms with van der Waals surface area (Å²) >= 11 is 3.30. The van der Waals surface area contributed by atoms with Gasteiger partial charge in [-0.3, -0.25) is 0 Å². The molecule has 2 N–H and O–H groups in total. The van der Waals surface area contributed by atoms with Crippen LogP contribution < -0.4 is 5.73 Å². The maximum atomic E-state index is 13.0. The molecule has 0 bridgehead atoms. The summed E-state index contributed by atoms with van der Waals surface area (Å²) in [6.07, 6.45) is 0.990. The Morgan fingerprint density at radius 3 is 2.94 bits per heavy atom. The predicted octanol–water partition coefficient (Wildman–Crippen LogP) is 3.80. The van der Waals surface area contributed by atoms with E-state index in [1.165, 1.54) is 17.7 Å². The maximum Gasteiger partial charge on any atom is 0.124 e. The van der Waals surface area contributed by atoms with Crippen LogP contribution >= 0.6 is 23.1 Å². The fraction of sp³-hybridized carbons (Fsp3) is 0.167. The first kappa shape index (κ1) is 11.5. The number of thioether (sulfide) groups is 1. The van der Waals surface area contributed by atoms with Crippen LogP contribution in [-0.2, 0) is 6.42 Å². The number of nitrogen functional groups attached to an aromatic ring is 1. The molecule has 0 radical (unpaired) electrons. The van der Waals surface area contributed by atoms with Crippen molar-refractivity contribution in [1.29, 1.82) is 0 Å². The van der Waals surface area contributed by atoms with E-state index in [-0.39, 0.29) is 5.82 Å². The molecular formula is C12H12FNS2. The number of hydrogen-bond donors (Lipinski definition) is 1. The van der Waals surface area contributed by atoms with E-state index >= 15 is 0 Å². The standard InChI is InChI=1S/C12H12FNS2/c13-10-1-2-11(14)12(7-10)16-6-4-9-3-5-15-8-9/h1-3,5,7-8H,4,6,14H2. The van der Waals surface area contributed by atoms with E-state index in [1.54, 1.807) is 29.2 Å². The third-order valence-corrected chi connectivity index (χ3v) is 4.01. The summed E-state index contributed by atoms with van der Waals surface area (Å²) < 4.78 is 13.0. The van der Waals surface area contributed by atoms with Crippen molar-refractivity contribution >= 4 is 28.8 Å². The van der Waals surface area contributed by atoms with Crippen molar-refractivity contribution in [2.24, 2.45) is 0 Å². The van der Waals surface area contributed by atoms with E-state index < -0.39 is 0 Å². The van der Waals surface area contributed by atoms with Crippen molar-refractivity contribution in [2.75, 3.05) is 11.5 Å². The summed E-state index contributed by atoms with van der Waals surface area (Å²) in [6.45, 7) is 0. The van der Waals surface area contributed by atoms with E-state index in [1.807, 2.05) is 0 Å². The van der Waals surface area contributed by atoms with Crippen LogP contribution in [0.25, 0.3) is 0 Å². The molecule has 0 spiro atoms. The van der Waals surface area contributed by atoms with Crippen molar-refractivity contribution in [3.05, 3.63) is 46.4 Å². The molecule has 1 aromatic carbocycles. The zero-order valence-corrected chi connectivity index (χ0v) is 10.3. The number of benzene rings is 1. The Bertz CT molecular complexity index is 454. The van der Waals surface area contributed by atoms with E-state index in [0.29, 0.717) is 5.69 Å². The highest BCUT2D eigenvalue weighted by molar-refractivity contribution is 7.99. The Hall–Kier alpha value is -1.00. The van der Waals surface area contributed by atoms with Crippen molar-refractivity contribution in [3.63, 3.8) is 0 Å². The minimum atomic E-state index is -0.229. The summed E-state index contributed by atoms with van der Waals surface area (Å²) in [5.41, 5.74) is 7.74. The van der Waals surface area contributed by atoms with Crippen LogP contribution in [0.3, 0.4) is 0 Å². The van der Waals surface area contributed by atoms with Crippen molar-refractivity contribution < 1.29 is 4.39 Å². The topological polar surface area (TPSA) is 26.0 Å². The fourth-order valence-corrected chi connectivity index (χ4v) is 3.04. The summed E-state index contributed by atoms with van der Waals surface area (Å²) in [5.74, 6) is 0.692. The smallest absolute Gasteiger partial charge is 0.124 e. The molecular weight excluding hydrogens is 241 g/mol. The summed E-state index contributed by atoms with van der Waals surface area (Å²) in [4.78, 5) is 0.829. The van der Waals surface area contributed by atoms with Gasteiger partial charge in [0.2, 0.25) is 0 Å². The third-order valence-electron chi connectivity index (χ3n) is 2.20. The molecule has 84 valence electrons. The average Bonchev–Trinajstić information content (AvgIpc) is 2.76. The van der Waals surface area contributed by atoms with Crippen LogP contribution in [0.1, 0.15) is 5.56 Å². The van der Waals surface area contributed by atoms with Crippen LogP contribution in [0.15, 0.2) is 39.9 Å². The van der Waals surface area contributed by atoms with Gasteiger partial charge >= 0.3 is 0 Å². The molecule has 4 heteroatoms. The van der Waals surface area contributed by atoms with Gasteiger partial charge in [0.05, 0.1) is 0 Å². The lowest BCUT2D eigenvalue weighted by atomic mass is 10.3. The van der Waals surface area contributed by atoms with Gasteiger partial charge in [0.15, 0.2) is 0 Å². The largest absolute Gasteiger partial charge is 0.398 e. The van der Waals surface area contributed by atoms with E-state index in [0.717, 1.165) is 17.1 Å². The first-order valence-corrected chi connectivity index (χ1v) is 6.87. The normalized spacial score (nSPS) is 10.6. The second-order valence-electron chi connectivity index (χ2n) is 3.41. The molecule has 0 saturated heterocycles. The van der Waals surface area contributed by atoms with Gasteiger partial charge in [-0.25, -0.2) is 4.39 Å². The monoisotopic (exact) mass is 253 g/mol. The van der Waals surface area contributed by atoms with Gasteiger partial charge in [-0.15, -0.1) is 11.8 Å². The molecule has 2 aromatic rings. The molecule has 1 nitrogen and oxygen atoms in total. The Morgan fingerprint density at radius 1 is 1.31 bits per heavy atom. The Kier molecular flexibility index (Phi) is 3.85. The number of rotatable bonds is 4. The fourth-order valence-electron chi connectivity index (χ4n) is 1.35. The molecule has 0 aliphatic carbocycles. The molecule has 0 saturated carbocycles. The van der Waals surface area contributed by atoms with Gasteiger partial charge in [0, 0.05) is 16.3 Å². The lowest BCUT2D eigenvalue weighted by molar-refractivity contribution is 0.624. The average molecular weight is 253 g/mol. The van der Waals surface area contributed by atoms with E-state index in [9.17, 15) is 4.39 Å². The van der Waals surface area contributed by atoms with Gasteiger partial charge in [-0.2, -0.15) is 11.3 Å². The number of aryl methyl sites for hydroxylation is 1. The molecule has 2 rings (SSSR count). The summed E-state index contributed by atoms with van der Waals surface area (Å²) in [5, 5.41) is 4.20. The molecule has 0 atom stereocenters. The number of halogens is 1. The second-order valence-corrected chi connectivity index (χ2v) is 5.33. The molecule has 0 fully saturated rings. The number of anilines is 1. The molecule has 16 heavy (non-hydrogen) atoms. The third kappa shape index (κ3) is 3.00. The van der Waals surface area contributed by atoms with E-state index in [4.69, 9.17) is 5.73 Å². The second kappa shape index (κ2) is 5.37. The van der Waals surface area contributed by atoms with Crippen LogP contribution in [0.5, 0.6) is 0 Å². The minimum Gasteiger partial charge on any atom is -0.398 e. The highest BCUT2D eigenvalue weighted by atomic mass is 32.2. The maximum absolute atomic E-state index is 13.0. The van der Waals surface area contributed by atoms with Crippen LogP contribution in [0.4, 0.5) is 10.1 Å². The highest BCUT2D eigenvalue weighted by Gasteiger charge is 2.02. The van der Waals surface area contributed by atoms with Crippen LogP contribution in [0.2, 0.25) is 0 Å². The Morgan fingerprint density at radius 2 is 2.19 bits per heavy atom. The van der Waals surface area contributed by atoms with Crippen LogP contribution in [0, 0.1) is 5.82 Å². The predicted molar refractivity (Wildman–Crippen MR) is 69.6 cm³/mol. The zero-order valence-electron chi connectivity index (χ0n) is 8.65. The van der Waals surface area contributed by atoms with Gasteiger partial charge in [0.25, 0.3) is 0 Å². The number of hydrogen-bond acceptors (Lipinski definition) is 3. The molecule has 0 unspecified atom stereocenters. The lowest BCUT2D eigenvalue weighted by Crippen LogP contribution is -1.92. The number of nitrogens with two attached hydrogens (primary N) is 1. The molecule has 0 aliphatic heterocycles. The van der Waals surface area contributed by atoms with Crippen molar-refractivity contribution in [1.82, 2.24) is 0 Å². The summed E-state index contributed by atoms with van der Waals surface area (Å²) in [6, 6.07) is 6.61. The molecule has 1 heterocycles. The quantitative estimate of drug-likeness (QED) is 0.662. The molecule has 0 amide bonds. The highest BCUT2D eigenvalue weighted by Crippen LogP contribution is 2.26. The zero-order chi connectivity index (χ0) is 11.4. The van der Waals surface area contributed by atoms with Crippen molar-refractivity contribution in [3.8, 4) is 0 Å². The molecule has 1 aromatic heterocycles. The minimum absolute atomic E-state index is 0.229. The first-order chi connectivity index (χ1) is 7.75. The van der Waals surface area contributed by atoms with Gasteiger partial charge in [-0.1, -0.05) is 0 Å². The number of thiophene rings is 1. The van der Waals surface area contributed by atoms with Gasteiger partial charge in [0.1, 0.15) is 5.82 Å². The van der Waals surface area contributed by atoms with Crippen LogP contribution in [-0.4, -0.2) is 5.75 Å². The Balaban J connectivity index is 1.92. The SMILES string of the molecule is Nc1ccc(F)cc1SCCc1ccsc1. The lowest BCUT2D eigenvalue weighted by Gasteiger charge is -2.04. The van der Waals surface area contributed by atoms with Gasteiger partial charge < -0.3 is 5.73 Å². The van der Waals surface area contributed by atoms with Gasteiger partial charge in [-0.05, 0) is 47.0 Å². The Labute approximate surface area is 102 Å². The van der Waals surface area contributed by atoms with E-state index in [2.05, 4.69) is 16.8 Å². The summed E-state index contributed by atoms with van der Waals surface area (Å²) in [7, 11) is 0. The first-order valence-electron chi connectivity index (χ1n) is 4.94.